The first-order valence-corrected chi connectivity index (χ1v) is 9.33. The van der Waals surface area contributed by atoms with Gasteiger partial charge >= 0.3 is 0 Å². The van der Waals surface area contributed by atoms with Crippen LogP contribution in [0.1, 0.15) is 17.2 Å². The number of Topliss-reactive ketones (excluding diaryl/α,β-unsaturated/α-hetero) is 1. The van der Waals surface area contributed by atoms with Gasteiger partial charge in [0.15, 0.2) is 0 Å². The normalized spacial score (nSPS) is 18.1. The number of benzene rings is 3. The van der Waals surface area contributed by atoms with Crippen LogP contribution < -0.4 is 4.90 Å². The van der Waals surface area contributed by atoms with Gasteiger partial charge in [-0.1, -0.05) is 41.9 Å². The van der Waals surface area contributed by atoms with Crippen LogP contribution in [0.25, 0.3) is 5.76 Å². The molecular formula is C23H14ClF2NO3. The maximum absolute atomic E-state index is 13.7. The highest BCUT2D eigenvalue weighted by atomic mass is 35.5. The molecule has 7 heteroatoms. The Labute approximate surface area is 175 Å². The van der Waals surface area contributed by atoms with Crippen molar-refractivity contribution >= 4 is 34.7 Å². The Morgan fingerprint density at radius 3 is 2.23 bits per heavy atom. The summed E-state index contributed by atoms with van der Waals surface area (Å²) in [6, 6.07) is 16.2. The summed E-state index contributed by atoms with van der Waals surface area (Å²) in [4.78, 5) is 27.0. The van der Waals surface area contributed by atoms with Crippen LogP contribution in [0, 0.1) is 11.6 Å². The zero-order valence-corrected chi connectivity index (χ0v) is 16.1. The topological polar surface area (TPSA) is 57.6 Å². The minimum absolute atomic E-state index is 0.154. The van der Waals surface area contributed by atoms with Crippen molar-refractivity contribution in [1.29, 1.82) is 0 Å². The van der Waals surface area contributed by atoms with E-state index < -0.39 is 35.1 Å². The van der Waals surface area contributed by atoms with E-state index in [-0.39, 0.29) is 21.8 Å². The number of aliphatic hydroxyl groups excluding tert-OH is 1. The monoisotopic (exact) mass is 425 g/mol. The number of halogens is 3. The molecule has 1 aliphatic rings. The molecule has 0 spiro atoms. The van der Waals surface area contributed by atoms with E-state index in [0.29, 0.717) is 5.56 Å². The van der Waals surface area contributed by atoms with Gasteiger partial charge in [0, 0.05) is 11.3 Å². The van der Waals surface area contributed by atoms with Crippen LogP contribution in [0.4, 0.5) is 14.5 Å². The molecule has 1 aliphatic heterocycles. The van der Waals surface area contributed by atoms with Crippen molar-refractivity contribution in [1.82, 2.24) is 0 Å². The second-order valence-corrected chi connectivity index (χ2v) is 7.09. The summed E-state index contributed by atoms with van der Waals surface area (Å²) >= 11 is 5.88. The fourth-order valence-corrected chi connectivity index (χ4v) is 3.62. The zero-order chi connectivity index (χ0) is 21.4. The molecule has 1 N–H and O–H groups in total. The number of rotatable bonds is 3. The number of hydrogen-bond donors (Lipinski definition) is 1. The summed E-state index contributed by atoms with van der Waals surface area (Å²) in [7, 11) is 0. The summed E-state index contributed by atoms with van der Waals surface area (Å²) in [5, 5.41) is 10.7. The Bertz CT molecular complexity index is 1180. The number of hydrogen-bond acceptors (Lipinski definition) is 3. The molecule has 4 nitrogen and oxygen atoms in total. The van der Waals surface area contributed by atoms with Gasteiger partial charge in [0.2, 0.25) is 0 Å². The van der Waals surface area contributed by atoms with Crippen molar-refractivity contribution in [2.75, 3.05) is 4.90 Å². The molecule has 1 heterocycles. The van der Waals surface area contributed by atoms with E-state index in [9.17, 15) is 23.5 Å². The first-order chi connectivity index (χ1) is 14.4. The number of carbonyl (C=O) groups excluding carboxylic acids is 2. The Morgan fingerprint density at radius 2 is 1.60 bits per heavy atom. The highest BCUT2D eigenvalue weighted by molar-refractivity contribution is 6.51. The fraction of sp³-hybridized carbons (Fsp3) is 0.0435. The third kappa shape index (κ3) is 3.35. The molecule has 1 unspecified atom stereocenters. The number of carbonyl (C=O) groups is 2. The van der Waals surface area contributed by atoms with Crippen molar-refractivity contribution in [2.24, 2.45) is 0 Å². The van der Waals surface area contributed by atoms with Gasteiger partial charge in [0.05, 0.1) is 16.6 Å². The maximum Gasteiger partial charge on any atom is 0.300 e. The summed E-state index contributed by atoms with van der Waals surface area (Å²) in [6.45, 7) is 0. The summed E-state index contributed by atoms with van der Waals surface area (Å²) in [6.07, 6.45) is 0. The molecule has 0 saturated carbocycles. The van der Waals surface area contributed by atoms with Crippen LogP contribution in [-0.4, -0.2) is 16.8 Å². The van der Waals surface area contributed by atoms with Gasteiger partial charge in [-0.15, -0.1) is 0 Å². The third-order valence-corrected chi connectivity index (χ3v) is 5.15. The number of nitrogens with zero attached hydrogens (tertiary/aromatic N) is 1. The molecule has 0 aromatic heterocycles. The zero-order valence-electron chi connectivity index (χ0n) is 15.4. The van der Waals surface area contributed by atoms with Gasteiger partial charge in [-0.05, 0) is 48.0 Å². The van der Waals surface area contributed by atoms with E-state index in [0.717, 1.165) is 23.1 Å². The number of anilines is 1. The summed E-state index contributed by atoms with van der Waals surface area (Å²) < 4.78 is 26.9. The molecule has 4 rings (SSSR count). The Kier molecular flexibility index (Phi) is 5.10. The lowest BCUT2D eigenvalue weighted by Crippen LogP contribution is -2.29. The van der Waals surface area contributed by atoms with E-state index >= 15 is 0 Å². The SMILES string of the molecule is O=C1C(=O)N(c2ccc(F)c(Cl)c2)C(c2ccccc2)/C1=C(\O)c1ccc(F)cc1. The first-order valence-electron chi connectivity index (χ1n) is 8.95. The van der Waals surface area contributed by atoms with Crippen LogP contribution in [0.2, 0.25) is 5.02 Å². The van der Waals surface area contributed by atoms with Crippen LogP contribution in [0.5, 0.6) is 0 Å². The molecule has 1 atom stereocenters. The molecule has 3 aromatic rings. The highest BCUT2D eigenvalue weighted by Gasteiger charge is 2.47. The molecule has 3 aromatic carbocycles. The number of ketones is 1. The molecule has 0 aliphatic carbocycles. The van der Waals surface area contributed by atoms with Gasteiger partial charge in [-0.2, -0.15) is 0 Å². The molecule has 0 bridgehead atoms. The van der Waals surface area contributed by atoms with Gasteiger partial charge in [0.25, 0.3) is 11.7 Å². The van der Waals surface area contributed by atoms with Gasteiger partial charge < -0.3 is 5.11 Å². The maximum atomic E-state index is 13.7. The molecule has 30 heavy (non-hydrogen) atoms. The Hall–Kier alpha value is -3.51. The van der Waals surface area contributed by atoms with E-state index in [4.69, 9.17) is 11.6 Å². The number of amides is 1. The van der Waals surface area contributed by atoms with Crippen molar-refractivity contribution in [2.45, 2.75) is 6.04 Å². The molecular weight excluding hydrogens is 412 g/mol. The second kappa shape index (κ2) is 7.72. The van der Waals surface area contributed by atoms with Crippen molar-refractivity contribution < 1.29 is 23.5 Å². The van der Waals surface area contributed by atoms with Crippen molar-refractivity contribution in [3.8, 4) is 0 Å². The lowest BCUT2D eigenvalue weighted by Gasteiger charge is -2.25. The van der Waals surface area contributed by atoms with Crippen LogP contribution >= 0.6 is 11.6 Å². The standard InChI is InChI=1S/C23H14ClF2NO3/c24-17-12-16(10-11-18(17)26)27-20(13-4-2-1-3-5-13)19(22(29)23(27)30)21(28)14-6-8-15(25)9-7-14/h1-12,20,28H/b21-19+. The molecule has 150 valence electrons. The van der Waals surface area contributed by atoms with Crippen LogP contribution in [0.15, 0.2) is 78.4 Å². The van der Waals surface area contributed by atoms with Gasteiger partial charge in [-0.25, -0.2) is 8.78 Å². The smallest absolute Gasteiger partial charge is 0.300 e. The van der Waals surface area contributed by atoms with Crippen molar-refractivity contribution in [3.05, 3.63) is 106 Å². The fourth-order valence-electron chi connectivity index (χ4n) is 3.45. The minimum Gasteiger partial charge on any atom is -0.507 e. The predicted octanol–water partition coefficient (Wildman–Crippen LogP) is 5.24. The average molecular weight is 426 g/mol. The number of aliphatic hydroxyl groups is 1. The Balaban J connectivity index is 1.94. The van der Waals surface area contributed by atoms with Crippen LogP contribution in [0.3, 0.4) is 0 Å². The van der Waals surface area contributed by atoms with E-state index in [1.807, 2.05) is 0 Å². The first kappa shape index (κ1) is 19.8. The van der Waals surface area contributed by atoms with E-state index in [2.05, 4.69) is 0 Å². The highest BCUT2D eigenvalue weighted by Crippen LogP contribution is 2.42. The molecule has 1 fully saturated rings. The van der Waals surface area contributed by atoms with Gasteiger partial charge in [0.1, 0.15) is 17.4 Å². The summed E-state index contributed by atoms with van der Waals surface area (Å²) in [5.74, 6) is -3.41. The average Bonchev–Trinajstić information content (AvgIpc) is 3.01. The third-order valence-electron chi connectivity index (χ3n) is 4.86. The Morgan fingerprint density at radius 1 is 0.933 bits per heavy atom. The molecule has 0 radical (unpaired) electrons. The van der Waals surface area contributed by atoms with Crippen molar-refractivity contribution in [3.63, 3.8) is 0 Å². The lowest BCUT2D eigenvalue weighted by atomic mass is 9.95. The predicted molar refractivity (Wildman–Crippen MR) is 109 cm³/mol. The minimum atomic E-state index is -0.974. The molecule has 1 amide bonds. The quantitative estimate of drug-likeness (QED) is 0.354. The molecule has 1 saturated heterocycles. The second-order valence-electron chi connectivity index (χ2n) is 6.69. The van der Waals surface area contributed by atoms with E-state index in [1.165, 1.54) is 24.3 Å². The van der Waals surface area contributed by atoms with E-state index in [1.54, 1.807) is 30.3 Å². The lowest BCUT2D eigenvalue weighted by molar-refractivity contribution is -0.132. The summed E-state index contributed by atoms with van der Waals surface area (Å²) in [5.41, 5.74) is 0.794. The van der Waals surface area contributed by atoms with Gasteiger partial charge in [-0.3, -0.25) is 14.5 Å². The largest absolute Gasteiger partial charge is 0.507 e. The van der Waals surface area contributed by atoms with Crippen LogP contribution in [-0.2, 0) is 9.59 Å².